The Bertz CT molecular complexity index is 980. The quantitative estimate of drug-likeness (QED) is 0.573. The van der Waals surface area contributed by atoms with Crippen LogP contribution in [0.3, 0.4) is 0 Å². The number of rotatable bonds is 5. The monoisotopic (exact) mass is 496 g/mol. The van der Waals surface area contributed by atoms with Gasteiger partial charge in [-0.2, -0.15) is 21.6 Å². The highest BCUT2D eigenvalue weighted by Crippen LogP contribution is 2.39. The molecule has 2 aliphatic heterocycles. The number of pyridine rings is 1. The zero-order valence-electron chi connectivity index (χ0n) is 18.8. The molecule has 0 radical (unpaired) electrons. The predicted molar refractivity (Wildman–Crippen MR) is 109 cm³/mol. The molecule has 0 bridgehead atoms. The summed E-state index contributed by atoms with van der Waals surface area (Å²) in [7, 11) is -3.98. The number of likely N-dealkylation sites (tertiary alicyclic amines) is 1. The van der Waals surface area contributed by atoms with Gasteiger partial charge in [0.1, 0.15) is 17.4 Å². The molecule has 1 amide bonds. The van der Waals surface area contributed by atoms with Crippen LogP contribution in [0, 0.1) is 0 Å². The Hall–Kier alpha value is -2.12. The molecule has 3 heterocycles. The van der Waals surface area contributed by atoms with Crippen molar-refractivity contribution in [2.24, 2.45) is 0 Å². The molecule has 13 heteroatoms. The van der Waals surface area contributed by atoms with Crippen molar-refractivity contribution < 1.29 is 44.8 Å². The Balaban J connectivity index is 1.77. The van der Waals surface area contributed by atoms with Crippen molar-refractivity contribution >= 4 is 16.2 Å². The normalized spacial score (nSPS) is 19.7. The molecular weight excluding hydrogens is 469 g/mol. The average Bonchev–Trinajstić information content (AvgIpc) is 2.62. The van der Waals surface area contributed by atoms with E-state index < -0.39 is 45.4 Å². The van der Waals surface area contributed by atoms with Crippen LogP contribution in [-0.2, 0) is 35.6 Å². The van der Waals surface area contributed by atoms with E-state index in [1.807, 2.05) is 0 Å². The molecule has 0 atom stereocenters. The summed E-state index contributed by atoms with van der Waals surface area (Å²) in [5, 5.41) is 0. The van der Waals surface area contributed by atoms with Crippen molar-refractivity contribution in [1.82, 2.24) is 9.88 Å². The number of halogens is 3. The Morgan fingerprint density at radius 2 is 1.79 bits per heavy atom. The molecule has 0 N–H and O–H groups in total. The van der Waals surface area contributed by atoms with Crippen molar-refractivity contribution in [2.75, 3.05) is 32.6 Å². The molecule has 0 spiro atoms. The molecule has 9 nitrogen and oxygen atoms in total. The van der Waals surface area contributed by atoms with Crippen LogP contribution in [0.25, 0.3) is 0 Å². The van der Waals surface area contributed by atoms with Crippen molar-refractivity contribution in [3.8, 4) is 5.88 Å². The lowest BCUT2D eigenvalue weighted by atomic mass is 9.92. The van der Waals surface area contributed by atoms with E-state index in [0.717, 1.165) is 12.3 Å². The molecule has 3 rings (SSSR count). The van der Waals surface area contributed by atoms with E-state index in [1.54, 1.807) is 20.8 Å². The Morgan fingerprint density at radius 3 is 2.24 bits per heavy atom. The maximum absolute atomic E-state index is 13.5. The fraction of sp³-hybridized carbons (Fsp3) is 0.700. The van der Waals surface area contributed by atoms with Gasteiger partial charge in [-0.3, -0.25) is 4.18 Å². The van der Waals surface area contributed by atoms with Crippen molar-refractivity contribution in [2.45, 2.75) is 57.1 Å². The van der Waals surface area contributed by atoms with Gasteiger partial charge in [-0.15, -0.1) is 0 Å². The molecule has 1 aromatic heterocycles. The minimum Gasteiger partial charge on any atom is -0.474 e. The fourth-order valence-corrected chi connectivity index (χ4v) is 4.24. The minimum atomic E-state index is -4.79. The standard InChI is InChI=1S/C20H27F3N2O7S/c1-18(2,3)31-17(26)25-7-5-14(6-8-25)30-16-10-13(9-15(24-16)20(21,22)23)19(11-29-12-19)32-33(4,27)28/h9-10,14H,5-8,11-12H2,1-4H3. The summed E-state index contributed by atoms with van der Waals surface area (Å²) in [6.45, 7) is 5.42. The van der Waals surface area contributed by atoms with E-state index in [2.05, 4.69) is 4.98 Å². The first kappa shape index (κ1) is 25.5. The van der Waals surface area contributed by atoms with Crippen LogP contribution >= 0.6 is 0 Å². The van der Waals surface area contributed by atoms with Crippen molar-refractivity contribution in [1.29, 1.82) is 0 Å². The Kier molecular flexibility index (Phi) is 6.89. The molecule has 2 aliphatic rings. The first-order valence-electron chi connectivity index (χ1n) is 10.3. The largest absolute Gasteiger partial charge is 0.474 e. The van der Waals surface area contributed by atoms with Gasteiger partial charge in [0.2, 0.25) is 5.88 Å². The lowest BCUT2D eigenvalue weighted by molar-refractivity contribution is -0.166. The predicted octanol–water partition coefficient (Wildman–Crippen LogP) is 3.08. The second-order valence-electron chi connectivity index (χ2n) is 9.14. The van der Waals surface area contributed by atoms with Crippen molar-refractivity contribution in [3.63, 3.8) is 0 Å². The molecule has 1 aromatic rings. The van der Waals surface area contributed by atoms with E-state index >= 15 is 0 Å². The van der Waals surface area contributed by atoms with Crippen LogP contribution in [0.4, 0.5) is 18.0 Å². The Morgan fingerprint density at radius 1 is 1.18 bits per heavy atom. The van der Waals surface area contributed by atoms with E-state index in [4.69, 9.17) is 18.4 Å². The number of carbonyl (C=O) groups is 1. The zero-order chi connectivity index (χ0) is 24.7. The number of alkyl halides is 3. The van der Waals surface area contributed by atoms with Gasteiger partial charge >= 0.3 is 12.3 Å². The van der Waals surface area contributed by atoms with Crippen LogP contribution < -0.4 is 4.74 Å². The van der Waals surface area contributed by atoms with E-state index in [9.17, 15) is 26.4 Å². The molecule has 0 saturated carbocycles. The smallest absolute Gasteiger partial charge is 0.433 e. The lowest BCUT2D eigenvalue weighted by Gasteiger charge is -2.40. The number of amides is 1. The highest BCUT2D eigenvalue weighted by Gasteiger charge is 2.47. The lowest BCUT2D eigenvalue weighted by Crippen LogP contribution is -2.50. The average molecular weight is 497 g/mol. The van der Waals surface area contributed by atoms with Gasteiger partial charge in [0.15, 0.2) is 5.60 Å². The van der Waals surface area contributed by atoms with E-state index in [0.29, 0.717) is 25.9 Å². The van der Waals surface area contributed by atoms with E-state index in [1.165, 1.54) is 11.0 Å². The number of hydrogen-bond acceptors (Lipinski definition) is 8. The maximum atomic E-state index is 13.5. The van der Waals surface area contributed by atoms with Gasteiger partial charge < -0.3 is 19.1 Å². The van der Waals surface area contributed by atoms with Gasteiger partial charge in [0.05, 0.1) is 19.5 Å². The summed E-state index contributed by atoms with van der Waals surface area (Å²) in [6.07, 6.45) is -4.21. The van der Waals surface area contributed by atoms with Gasteiger partial charge in [-0.05, 0) is 32.4 Å². The minimum absolute atomic E-state index is 0.0531. The topological polar surface area (TPSA) is 104 Å². The van der Waals surface area contributed by atoms with Crippen LogP contribution in [0.1, 0.15) is 44.9 Å². The zero-order valence-corrected chi connectivity index (χ0v) is 19.6. The van der Waals surface area contributed by atoms with E-state index in [-0.39, 0.29) is 24.7 Å². The highest BCUT2D eigenvalue weighted by molar-refractivity contribution is 7.86. The van der Waals surface area contributed by atoms with Gasteiger partial charge in [0, 0.05) is 32.0 Å². The molecule has 2 fully saturated rings. The summed E-state index contributed by atoms with van der Waals surface area (Å²) in [5.74, 6) is -0.307. The number of piperidine rings is 1. The molecule has 0 aliphatic carbocycles. The third kappa shape index (κ3) is 6.70. The highest BCUT2D eigenvalue weighted by atomic mass is 32.2. The van der Waals surface area contributed by atoms with Gasteiger partial charge in [0.25, 0.3) is 10.1 Å². The number of ether oxygens (including phenoxy) is 3. The second-order valence-corrected chi connectivity index (χ2v) is 10.7. The summed E-state index contributed by atoms with van der Waals surface area (Å²) in [6, 6.07) is 1.98. The Labute approximate surface area is 190 Å². The van der Waals surface area contributed by atoms with Gasteiger partial charge in [-0.25, -0.2) is 9.78 Å². The summed E-state index contributed by atoms with van der Waals surface area (Å²) >= 11 is 0. The number of carbonyl (C=O) groups excluding carboxylic acids is 1. The van der Waals surface area contributed by atoms with Crippen molar-refractivity contribution in [3.05, 3.63) is 23.4 Å². The summed E-state index contributed by atoms with van der Waals surface area (Å²) in [4.78, 5) is 17.3. The van der Waals surface area contributed by atoms with Crippen LogP contribution in [0.15, 0.2) is 12.1 Å². The van der Waals surface area contributed by atoms with Crippen LogP contribution in [0.2, 0.25) is 0 Å². The molecule has 33 heavy (non-hydrogen) atoms. The summed E-state index contributed by atoms with van der Waals surface area (Å²) in [5.41, 5.74) is -3.50. The van der Waals surface area contributed by atoms with Crippen LogP contribution in [-0.4, -0.2) is 68.7 Å². The molecule has 186 valence electrons. The van der Waals surface area contributed by atoms with Crippen LogP contribution in [0.5, 0.6) is 5.88 Å². The van der Waals surface area contributed by atoms with Gasteiger partial charge in [-0.1, -0.05) is 0 Å². The number of hydrogen-bond donors (Lipinski definition) is 0. The summed E-state index contributed by atoms with van der Waals surface area (Å²) < 4.78 is 85.0. The first-order chi connectivity index (χ1) is 15.1. The maximum Gasteiger partial charge on any atom is 0.433 e. The molecule has 0 aromatic carbocycles. The fourth-order valence-electron chi connectivity index (χ4n) is 3.47. The number of aromatic nitrogens is 1. The first-order valence-corrected chi connectivity index (χ1v) is 12.1. The third-order valence-corrected chi connectivity index (χ3v) is 5.60. The molecular formula is C20H27F3N2O7S. The number of nitrogens with zero attached hydrogens (tertiary/aromatic N) is 2. The second kappa shape index (κ2) is 8.91. The molecule has 2 saturated heterocycles. The SMILES string of the molecule is CC(C)(C)OC(=O)N1CCC(Oc2cc(C3(OS(C)(=O)=O)COC3)cc(C(F)(F)F)n2)CC1. The third-order valence-electron chi connectivity index (χ3n) is 4.98. The molecule has 0 unspecified atom stereocenters.